The Hall–Kier alpha value is -1.08. The molecular weight excluding hydrogens is 240 g/mol. The molecule has 0 N–H and O–H groups in total. The first-order chi connectivity index (χ1) is 9.27. The molecule has 2 aliphatic carbocycles. The summed E-state index contributed by atoms with van der Waals surface area (Å²) in [6, 6.07) is 2.56. The summed E-state index contributed by atoms with van der Waals surface area (Å²) in [7, 11) is 0. The van der Waals surface area contributed by atoms with Crippen molar-refractivity contribution in [3.63, 3.8) is 0 Å². The second-order valence-corrected chi connectivity index (χ2v) is 6.16. The number of ether oxygens (including phenoxy) is 1. The number of amides is 1. The largest absolute Gasteiger partial charge is 0.374 e. The van der Waals surface area contributed by atoms with Gasteiger partial charge >= 0.3 is 0 Å². The normalized spacial score (nSPS) is 33.5. The van der Waals surface area contributed by atoms with E-state index in [0.29, 0.717) is 13.2 Å². The second kappa shape index (κ2) is 5.13. The lowest BCUT2D eigenvalue weighted by Gasteiger charge is -2.45. The van der Waals surface area contributed by atoms with Crippen molar-refractivity contribution in [1.82, 2.24) is 4.90 Å². The van der Waals surface area contributed by atoms with E-state index in [0.717, 1.165) is 38.5 Å². The zero-order valence-corrected chi connectivity index (χ0v) is 11.4. The van der Waals surface area contributed by atoms with E-state index in [-0.39, 0.29) is 18.1 Å². The van der Waals surface area contributed by atoms with Crippen LogP contribution in [0.1, 0.15) is 51.4 Å². The average Bonchev–Trinajstić information content (AvgIpc) is 2.96. The molecule has 0 bridgehead atoms. The quantitative estimate of drug-likeness (QED) is 0.728. The SMILES string of the molecule is N#CC1(C(=O)N2CCOC3CCCCC32)CCCC1. The van der Waals surface area contributed by atoms with Crippen molar-refractivity contribution in [2.75, 3.05) is 13.2 Å². The Morgan fingerprint density at radius 3 is 2.68 bits per heavy atom. The van der Waals surface area contributed by atoms with Crippen LogP contribution in [0.25, 0.3) is 0 Å². The first-order valence-corrected chi connectivity index (χ1v) is 7.61. The van der Waals surface area contributed by atoms with E-state index in [2.05, 4.69) is 6.07 Å². The first kappa shape index (κ1) is 12.9. The van der Waals surface area contributed by atoms with Gasteiger partial charge in [-0.1, -0.05) is 25.7 Å². The van der Waals surface area contributed by atoms with Crippen LogP contribution in [-0.2, 0) is 9.53 Å². The number of nitrogens with zero attached hydrogens (tertiary/aromatic N) is 2. The Morgan fingerprint density at radius 2 is 1.95 bits per heavy atom. The van der Waals surface area contributed by atoms with E-state index in [4.69, 9.17) is 4.74 Å². The van der Waals surface area contributed by atoms with Crippen molar-refractivity contribution in [3.8, 4) is 6.07 Å². The molecule has 3 fully saturated rings. The molecule has 1 heterocycles. The molecule has 3 rings (SSSR count). The van der Waals surface area contributed by atoms with Crippen molar-refractivity contribution in [3.05, 3.63) is 0 Å². The van der Waals surface area contributed by atoms with Gasteiger partial charge in [0.25, 0.3) is 0 Å². The minimum Gasteiger partial charge on any atom is -0.374 e. The number of carbonyl (C=O) groups is 1. The second-order valence-electron chi connectivity index (χ2n) is 6.16. The van der Waals surface area contributed by atoms with Crippen molar-refractivity contribution in [2.45, 2.75) is 63.5 Å². The molecule has 19 heavy (non-hydrogen) atoms. The maximum atomic E-state index is 12.9. The van der Waals surface area contributed by atoms with E-state index >= 15 is 0 Å². The molecule has 1 saturated heterocycles. The molecule has 0 aromatic carbocycles. The highest BCUT2D eigenvalue weighted by atomic mass is 16.5. The van der Waals surface area contributed by atoms with Gasteiger partial charge in [0.15, 0.2) is 0 Å². The minimum absolute atomic E-state index is 0.0905. The maximum absolute atomic E-state index is 12.9. The number of hydrogen-bond acceptors (Lipinski definition) is 3. The molecule has 0 radical (unpaired) electrons. The summed E-state index contributed by atoms with van der Waals surface area (Å²) in [6.45, 7) is 1.30. The van der Waals surface area contributed by atoms with E-state index in [1.165, 1.54) is 12.8 Å². The Labute approximate surface area is 114 Å². The van der Waals surface area contributed by atoms with Crippen LogP contribution < -0.4 is 0 Å². The van der Waals surface area contributed by atoms with E-state index < -0.39 is 5.41 Å². The molecule has 2 atom stereocenters. The zero-order valence-electron chi connectivity index (χ0n) is 11.4. The van der Waals surface area contributed by atoms with Crippen LogP contribution in [0.2, 0.25) is 0 Å². The van der Waals surface area contributed by atoms with Crippen LogP contribution in [0.5, 0.6) is 0 Å². The van der Waals surface area contributed by atoms with Gasteiger partial charge in [-0.05, 0) is 25.7 Å². The third-order valence-electron chi connectivity index (χ3n) is 5.07. The van der Waals surface area contributed by atoms with E-state index in [9.17, 15) is 10.1 Å². The monoisotopic (exact) mass is 262 g/mol. The molecule has 3 aliphatic rings. The van der Waals surface area contributed by atoms with Crippen LogP contribution in [-0.4, -0.2) is 36.1 Å². The van der Waals surface area contributed by atoms with Crippen molar-refractivity contribution in [1.29, 1.82) is 5.26 Å². The van der Waals surface area contributed by atoms with Crippen LogP contribution in [0, 0.1) is 16.7 Å². The summed E-state index contributed by atoms with van der Waals surface area (Å²) < 4.78 is 5.81. The van der Waals surface area contributed by atoms with E-state index in [1.54, 1.807) is 0 Å². The summed E-state index contributed by atoms with van der Waals surface area (Å²) >= 11 is 0. The Kier molecular flexibility index (Phi) is 3.49. The van der Waals surface area contributed by atoms with Crippen LogP contribution >= 0.6 is 0 Å². The molecule has 0 spiro atoms. The third kappa shape index (κ3) is 2.14. The Balaban J connectivity index is 1.80. The summed E-state index contributed by atoms with van der Waals surface area (Å²) in [6.07, 6.45) is 8.21. The highest BCUT2D eigenvalue weighted by Crippen LogP contribution is 2.41. The molecular formula is C15H22N2O2. The molecule has 1 amide bonds. The van der Waals surface area contributed by atoms with Gasteiger partial charge in [0.05, 0.1) is 24.8 Å². The topological polar surface area (TPSA) is 53.3 Å². The predicted octanol–water partition coefficient (Wildman–Crippen LogP) is 2.24. The number of morpholine rings is 1. The molecule has 0 aromatic rings. The fraction of sp³-hybridized carbons (Fsp3) is 0.867. The van der Waals surface area contributed by atoms with Crippen molar-refractivity contribution >= 4 is 5.91 Å². The fourth-order valence-corrected chi connectivity index (χ4v) is 3.98. The third-order valence-corrected chi connectivity index (χ3v) is 5.07. The van der Waals surface area contributed by atoms with Gasteiger partial charge < -0.3 is 9.64 Å². The van der Waals surface area contributed by atoms with Gasteiger partial charge in [-0.2, -0.15) is 5.26 Å². The molecule has 0 aromatic heterocycles. The molecule has 2 unspecified atom stereocenters. The molecule has 104 valence electrons. The highest BCUT2D eigenvalue weighted by Gasteiger charge is 2.47. The van der Waals surface area contributed by atoms with Gasteiger partial charge in [0.2, 0.25) is 5.91 Å². The molecule has 4 heteroatoms. The summed E-state index contributed by atoms with van der Waals surface area (Å²) in [5, 5.41) is 9.48. The predicted molar refractivity (Wildman–Crippen MR) is 70.2 cm³/mol. The molecule has 2 saturated carbocycles. The van der Waals surface area contributed by atoms with Crippen LogP contribution in [0.15, 0.2) is 0 Å². The number of fused-ring (bicyclic) bond motifs is 1. The smallest absolute Gasteiger partial charge is 0.243 e. The van der Waals surface area contributed by atoms with Crippen LogP contribution in [0.3, 0.4) is 0 Å². The van der Waals surface area contributed by atoms with Gasteiger partial charge in [0, 0.05) is 6.54 Å². The van der Waals surface area contributed by atoms with Crippen LogP contribution in [0.4, 0.5) is 0 Å². The molecule has 4 nitrogen and oxygen atoms in total. The minimum atomic E-state index is -0.723. The van der Waals surface area contributed by atoms with Crippen molar-refractivity contribution in [2.24, 2.45) is 5.41 Å². The van der Waals surface area contributed by atoms with Gasteiger partial charge in [-0.15, -0.1) is 0 Å². The zero-order chi connectivity index (χ0) is 13.3. The van der Waals surface area contributed by atoms with E-state index in [1.807, 2.05) is 4.90 Å². The fourth-order valence-electron chi connectivity index (χ4n) is 3.98. The van der Waals surface area contributed by atoms with Crippen molar-refractivity contribution < 1.29 is 9.53 Å². The number of hydrogen-bond donors (Lipinski definition) is 0. The summed E-state index contributed by atoms with van der Waals surface area (Å²) in [4.78, 5) is 14.8. The highest BCUT2D eigenvalue weighted by molar-refractivity contribution is 5.86. The lowest BCUT2D eigenvalue weighted by molar-refractivity contribution is -0.157. The molecule has 1 aliphatic heterocycles. The lowest BCUT2D eigenvalue weighted by Crippen LogP contribution is -2.57. The lowest BCUT2D eigenvalue weighted by atomic mass is 9.83. The van der Waals surface area contributed by atoms with Gasteiger partial charge in [0.1, 0.15) is 5.41 Å². The number of carbonyl (C=O) groups excluding carboxylic acids is 1. The standard InChI is InChI=1S/C15H22N2O2/c16-11-15(7-3-4-8-15)14(18)17-9-10-19-13-6-2-1-5-12(13)17/h12-13H,1-10H2. The van der Waals surface area contributed by atoms with Gasteiger partial charge in [-0.3, -0.25) is 4.79 Å². The summed E-state index contributed by atoms with van der Waals surface area (Å²) in [5.74, 6) is 0.0905. The number of rotatable bonds is 1. The number of nitriles is 1. The Morgan fingerprint density at radius 1 is 1.21 bits per heavy atom. The summed E-state index contributed by atoms with van der Waals surface area (Å²) in [5.41, 5.74) is -0.723. The Bertz CT molecular complexity index is 393. The maximum Gasteiger partial charge on any atom is 0.243 e. The van der Waals surface area contributed by atoms with Gasteiger partial charge in [-0.25, -0.2) is 0 Å². The first-order valence-electron chi connectivity index (χ1n) is 7.61. The average molecular weight is 262 g/mol.